The molecule has 0 unspecified atom stereocenters. The lowest BCUT2D eigenvalue weighted by Gasteiger charge is -1.98. The van der Waals surface area contributed by atoms with Gasteiger partial charge in [-0.3, -0.25) is 4.57 Å². The zero-order valence-corrected chi connectivity index (χ0v) is 12.4. The number of aromatic nitrogens is 4. The van der Waals surface area contributed by atoms with Crippen molar-refractivity contribution in [2.75, 3.05) is 0 Å². The van der Waals surface area contributed by atoms with Gasteiger partial charge in [0.05, 0.1) is 5.69 Å². The SMILES string of the molecule is Brc1ccc(-c2nc3cc(-n4cnnc4)ccc3o2)cc1. The second kappa shape index (κ2) is 4.82. The number of halogens is 1. The minimum atomic E-state index is 0.610. The predicted molar refractivity (Wildman–Crippen MR) is 82.1 cm³/mol. The van der Waals surface area contributed by atoms with Gasteiger partial charge in [-0.2, -0.15) is 0 Å². The highest BCUT2D eigenvalue weighted by Gasteiger charge is 2.09. The molecule has 4 rings (SSSR count). The Morgan fingerprint density at radius 3 is 2.48 bits per heavy atom. The number of nitrogens with zero attached hydrogens (tertiary/aromatic N) is 4. The van der Waals surface area contributed by atoms with E-state index >= 15 is 0 Å². The van der Waals surface area contributed by atoms with E-state index in [1.54, 1.807) is 12.7 Å². The molecule has 5 nitrogen and oxygen atoms in total. The smallest absolute Gasteiger partial charge is 0.227 e. The van der Waals surface area contributed by atoms with E-state index in [2.05, 4.69) is 31.1 Å². The standard InChI is InChI=1S/C15H9BrN4O/c16-11-3-1-10(2-4-11)15-19-13-7-12(5-6-14(13)21-15)20-8-17-18-9-20/h1-9H. The first-order valence-corrected chi connectivity index (χ1v) is 7.10. The van der Waals surface area contributed by atoms with Gasteiger partial charge in [-0.05, 0) is 42.5 Å². The van der Waals surface area contributed by atoms with Crippen LogP contribution in [0.1, 0.15) is 0 Å². The summed E-state index contributed by atoms with van der Waals surface area (Å²) in [6.07, 6.45) is 3.30. The van der Waals surface area contributed by atoms with Gasteiger partial charge in [0.25, 0.3) is 0 Å². The first-order chi connectivity index (χ1) is 10.3. The summed E-state index contributed by atoms with van der Waals surface area (Å²) in [6.45, 7) is 0. The molecule has 0 atom stereocenters. The molecular weight excluding hydrogens is 332 g/mol. The Hall–Kier alpha value is -2.47. The fourth-order valence-corrected chi connectivity index (χ4v) is 2.39. The van der Waals surface area contributed by atoms with Crippen LogP contribution in [0.2, 0.25) is 0 Å². The van der Waals surface area contributed by atoms with Crippen molar-refractivity contribution in [1.82, 2.24) is 19.7 Å². The highest BCUT2D eigenvalue weighted by atomic mass is 79.9. The molecule has 6 heteroatoms. The molecule has 0 N–H and O–H groups in total. The minimum Gasteiger partial charge on any atom is -0.436 e. The number of hydrogen-bond donors (Lipinski definition) is 0. The molecule has 2 aromatic carbocycles. The largest absolute Gasteiger partial charge is 0.436 e. The van der Waals surface area contributed by atoms with Gasteiger partial charge in [0, 0.05) is 10.0 Å². The number of rotatable bonds is 2. The quantitative estimate of drug-likeness (QED) is 0.556. The van der Waals surface area contributed by atoms with E-state index < -0.39 is 0 Å². The molecule has 102 valence electrons. The van der Waals surface area contributed by atoms with Crippen LogP contribution >= 0.6 is 15.9 Å². The van der Waals surface area contributed by atoms with Gasteiger partial charge in [-0.25, -0.2) is 4.98 Å². The number of benzene rings is 2. The molecule has 2 heterocycles. The second-order valence-electron chi connectivity index (χ2n) is 4.55. The summed E-state index contributed by atoms with van der Waals surface area (Å²) in [5, 5.41) is 7.61. The molecule has 0 saturated carbocycles. The second-order valence-corrected chi connectivity index (χ2v) is 5.46. The van der Waals surface area contributed by atoms with Crippen molar-refractivity contribution >= 4 is 27.0 Å². The zero-order valence-electron chi connectivity index (χ0n) is 10.8. The molecule has 0 aliphatic heterocycles. The molecule has 0 radical (unpaired) electrons. The number of hydrogen-bond acceptors (Lipinski definition) is 4. The van der Waals surface area contributed by atoms with Crippen molar-refractivity contribution in [2.24, 2.45) is 0 Å². The van der Waals surface area contributed by atoms with Crippen molar-refractivity contribution in [3.8, 4) is 17.1 Å². The lowest BCUT2D eigenvalue weighted by atomic mass is 10.2. The van der Waals surface area contributed by atoms with Gasteiger partial charge in [-0.1, -0.05) is 15.9 Å². The maximum absolute atomic E-state index is 5.80. The Balaban J connectivity index is 1.81. The van der Waals surface area contributed by atoms with Gasteiger partial charge in [0.2, 0.25) is 5.89 Å². The average molecular weight is 341 g/mol. The molecule has 0 fully saturated rings. The molecule has 21 heavy (non-hydrogen) atoms. The summed E-state index contributed by atoms with van der Waals surface area (Å²) >= 11 is 3.42. The Morgan fingerprint density at radius 1 is 0.952 bits per heavy atom. The Bertz CT molecular complexity index is 897. The summed E-state index contributed by atoms with van der Waals surface area (Å²) in [7, 11) is 0. The van der Waals surface area contributed by atoms with Crippen LogP contribution in [0.25, 0.3) is 28.2 Å². The Morgan fingerprint density at radius 2 is 1.71 bits per heavy atom. The van der Waals surface area contributed by atoms with E-state index in [0.717, 1.165) is 26.8 Å². The number of oxazole rings is 1. The molecular formula is C15H9BrN4O. The summed E-state index contributed by atoms with van der Waals surface area (Å²) in [6, 6.07) is 13.7. The third-order valence-electron chi connectivity index (χ3n) is 3.18. The van der Waals surface area contributed by atoms with Crippen LogP contribution < -0.4 is 0 Å². The van der Waals surface area contributed by atoms with Crippen molar-refractivity contribution < 1.29 is 4.42 Å². The molecule has 4 aromatic rings. The van der Waals surface area contributed by atoms with E-state index in [1.165, 1.54) is 0 Å². The first-order valence-electron chi connectivity index (χ1n) is 6.31. The van der Waals surface area contributed by atoms with Crippen LogP contribution in [-0.4, -0.2) is 19.7 Å². The third-order valence-corrected chi connectivity index (χ3v) is 3.71. The van der Waals surface area contributed by atoms with E-state index in [-0.39, 0.29) is 0 Å². The summed E-state index contributed by atoms with van der Waals surface area (Å²) in [5.74, 6) is 0.610. The fourth-order valence-electron chi connectivity index (χ4n) is 2.13. The molecule has 2 aromatic heterocycles. The predicted octanol–water partition coefficient (Wildman–Crippen LogP) is 3.84. The lowest BCUT2D eigenvalue weighted by molar-refractivity contribution is 0.620. The highest BCUT2D eigenvalue weighted by Crippen LogP contribution is 2.26. The van der Waals surface area contributed by atoms with E-state index in [4.69, 9.17) is 4.42 Å². The number of fused-ring (bicyclic) bond motifs is 1. The van der Waals surface area contributed by atoms with Crippen LogP contribution in [0.15, 0.2) is 64.0 Å². The highest BCUT2D eigenvalue weighted by molar-refractivity contribution is 9.10. The molecule has 0 saturated heterocycles. The van der Waals surface area contributed by atoms with Crippen molar-refractivity contribution in [1.29, 1.82) is 0 Å². The van der Waals surface area contributed by atoms with Crippen molar-refractivity contribution in [3.63, 3.8) is 0 Å². The van der Waals surface area contributed by atoms with Crippen LogP contribution in [0.3, 0.4) is 0 Å². The monoisotopic (exact) mass is 340 g/mol. The molecule has 0 aliphatic carbocycles. The van der Waals surface area contributed by atoms with E-state index in [1.807, 2.05) is 47.0 Å². The summed E-state index contributed by atoms with van der Waals surface area (Å²) < 4.78 is 8.65. The maximum Gasteiger partial charge on any atom is 0.227 e. The van der Waals surface area contributed by atoms with Crippen molar-refractivity contribution in [3.05, 3.63) is 59.6 Å². The van der Waals surface area contributed by atoms with Crippen LogP contribution in [0.4, 0.5) is 0 Å². The Kier molecular flexibility index (Phi) is 2.82. The minimum absolute atomic E-state index is 0.610. The zero-order chi connectivity index (χ0) is 14.2. The van der Waals surface area contributed by atoms with E-state index in [9.17, 15) is 0 Å². The normalized spacial score (nSPS) is 11.1. The van der Waals surface area contributed by atoms with Crippen LogP contribution in [0, 0.1) is 0 Å². The van der Waals surface area contributed by atoms with Crippen LogP contribution in [-0.2, 0) is 0 Å². The average Bonchev–Trinajstić information content (AvgIpc) is 3.16. The molecule has 0 aliphatic rings. The Labute approximate surface area is 128 Å². The first kappa shape index (κ1) is 12.3. The van der Waals surface area contributed by atoms with E-state index in [0.29, 0.717) is 5.89 Å². The molecule has 0 bridgehead atoms. The summed E-state index contributed by atoms with van der Waals surface area (Å²) in [5.41, 5.74) is 3.45. The summed E-state index contributed by atoms with van der Waals surface area (Å²) in [4.78, 5) is 4.55. The third kappa shape index (κ3) is 2.23. The van der Waals surface area contributed by atoms with Gasteiger partial charge >= 0.3 is 0 Å². The van der Waals surface area contributed by atoms with Gasteiger partial charge in [0.1, 0.15) is 18.2 Å². The van der Waals surface area contributed by atoms with Gasteiger partial charge in [0.15, 0.2) is 5.58 Å². The van der Waals surface area contributed by atoms with Gasteiger partial charge < -0.3 is 4.42 Å². The molecule has 0 spiro atoms. The maximum atomic E-state index is 5.80. The van der Waals surface area contributed by atoms with Crippen LogP contribution in [0.5, 0.6) is 0 Å². The van der Waals surface area contributed by atoms with Crippen molar-refractivity contribution in [2.45, 2.75) is 0 Å². The van der Waals surface area contributed by atoms with Gasteiger partial charge in [-0.15, -0.1) is 10.2 Å². The molecule has 0 amide bonds. The topological polar surface area (TPSA) is 56.7 Å². The fraction of sp³-hybridized carbons (Fsp3) is 0. The lowest BCUT2D eigenvalue weighted by Crippen LogP contribution is -1.88.